The quantitative estimate of drug-likeness (QED) is 0.725. The van der Waals surface area contributed by atoms with Crippen molar-refractivity contribution in [2.75, 3.05) is 5.73 Å². The average Bonchev–Trinajstić information content (AvgIpc) is 2.92. The third-order valence-electron chi connectivity index (χ3n) is 3.06. The fourth-order valence-corrected chi connectivity index (χ4v) is 2.12. The van der Waals surface area contributed by atoms with Gasteiger partial charge in [-0.05, 0) is 30.3 Å². The molecule has 0 atom stereocenters. The van der Waals surface area contributed by atoms with Crippen molar-refractivity contribution in [3.8, 4) is 22.6 Å². The number of nitrogen functional groups attached to an aromatic ring is 1. The Labute approximate surface area is 125 Å². The normalized spacial score (nSPS) is 11.1. The van der Waals surface area contributed by atoms with Gasteiger partial charge in [-0.25, -0.2) is 19.3 Å². The van der Waals surface area contributed by atoms with Gasteiger partial charge in [0.2, 0.25) is 5.95 Å². The first-order chi connectivity index (χ1) is 10.7. The molecular formula is C15H12FN5O. The van der Waals surface area contributed by atoms with Gasteiger partial charge in [-0.15, -0.1) is 0 Å². The SMILES string of the molecule is Nc1nccc(-c2c(-c3ccc(F)cc3)ncn2/C=C\O)n1. The van der Waals surface area contributed by atoms with Crippen LogP contribution in [0.15, 0.2) is 49.1 Å². The minimum atomic E-state index is -0.328. The van der Waals surface area contributed by atoms with Gasteiger partial charge in [0.15, 0.2) is 0 Å². The van der Waals surface area contributed by atoms with Crippen molar-refractivity contribution in [3.63, 3.8) is 0 Å². The molecule has 3 N–H and O–H groups in total. The Morgan fingerprint density at radius 3 is 2.59 bits per heavy atom. The Balaban J connectivity index is 2.21. The van der Waals surface area contributed by atoms with E-state index in [4.69, 9.17) is 10.8 Å². The molecule has 0 radical (unpaired) electrons. The van der Waals surface area contributed by atoms with Crippen LogP contribution in [0.4, 0.5) is 10.3 Å². The Bertz CT molecular complexity index is 826. The monoisotopic (exact) mass is 297 g/mol. The van der Waals surface area contributed by atoms with E-state index in [2.05, 4.69) is 15.0 Å². The van der Waals surface area contributed by atoms with E-state index in [0.717, 1.165) is 11.8 Å². The minimum absolute atomic E-state index is 0.128. The number of hydrogen-bond acceptors (Lipinski definition) is 5. The van der Waals surface area contributed by atoms with E-state index in [1.807, 2.05) is 0 Å². The highest BCUT2D eigenvalue weighted by atomic mass is 19.1. The average molecular weight is 297 g/mol. The lowest BCUT2D eigenvalue weighted by Crippen LogP contribution is -1.98. The van der Waals surface area contributed by atoms with Crippen LogP contribution in [0.25, 0.3) is 28.8 Å². The summed E-state index contributed by atoms with van der Waals surface area (Å²) in [6.07, 6.45) is 5.38. The standard InChI is InChI=1S/C15H12FN5O/c16-11-3-1-10(2-4-11)13-14(21(7-8-22)9-19-13)12-5-6-18-15(17)20-12/h1-9,22H,(H2,17,18,20)/b8-7-. The van der Waals surface area contributed by atoms with Gasteiger partial charge >= 0.3 is 0 Å². The molecular weight excluding hydrogens is 285 g/mol. The van der Waals surface area contributed by atoms with E-state index in [1.165, 1.54) is 30.9 Å². The van der Waals surface area contributed by atoms with Crippen molar-refractivity contribution in [2.45, 2.75) is 0 Å². The Kier molecular flexibility index (Phi) is 3.53. The van der Waals surface area contributed by atoms with Crippen LogP contribution in [0, 0.1) is 5.82 Å². The lowest BCUT2D eigenvalue weighted by molar-refractivity contribution is 0.476. The summed E-state index contributed by atoms with van der Waals surface area (Å²) in [7, 11) is 0. The molecule has 0 spiro atoms. The molecule has 3 aromatic rings. The fraction of sp³-hybridized carbons (Fsp3) is 0. The Morgan fingerprint density at radius 1 is 1.14 bits per heavy atom. The zero-order chi connectivity index (χ0) is 15.5. The first-order valence-corrected chi connectivity index (χ1v) is 6.41. The fourth-order valence-electron chi connectivity index (χ4n) is 2.12. The number of nitrogens with two attached hydrogens (primary N) is 1. The van der Waals surface area contributed by atoms with Crippen molar-refractivity contribution in [1.82, 2.24) is 19.5 Å². The highest BCUT2D eigenvalue weighted by molar-refractivity contribution is 5.78. The molecule has 6 nitrogen and oxygen atoms in total. The predicted octanol–water partition coefficient (Wildman–Crippen LogP) is 2.71. The van der Waals surface area contributed by atoms with Gasteiger partial charge in [-0.3, -0.25) is 0 Å². The van der Waals surface area contributed by atoms with Crippen molar-refractivity contribution >= 4 is 12.1 Å². The Morgan fingerprint density at radius 2 is 1.91 bits per heavy atom. The number of hydrogen-bond donors (Lipinski definition) is 2. The molecule has 2 heterocycles. The number of aliphatic hydroxyl groups is 1. The summed E-state index contributed by atoms with van der Waals surface area (Å²) in [6, 6.07) is 7.64. The van der Waals surface area contributed by atoms with Crippen molar-refractivity contribution in [2.24, 2.45) is 0 Å². The van der Waals surface area contributed by atoms with Crippen molar-refractivity contribution < 1.29 is 9.50 Å². The smallest absolute Gasteiger partial charge is 0.220 e. The largest absolute Gasteiger partial charge is 0.514 e. The molecule has 1 aromatic carbocycles. The molecule has 2 aromatic heterocycles. The van der Waals surface area contributed by atoms with Gasteiger partial charge in [-0.1, -0.05) is 0 Å². The molecule has 0 bridgehead atoms. The third kappa shape index (κ3) is 2.51. The molecule has 22 heavy (non-hydrogen) atoms. The summed E-state index contributed by atoms with van der Waals surface area (Å²) in [6.45, 7) is 0. The Hall–Kier alpha value is -3.22. The summed E-state index contributed by atoms with van der Waals surface area (Å²) in [4.78, 5) is 12.4. The second kappa shape index (κ2) is 5.65. The second-order valence-corrected chi connectivity index (χ2v) is 4.45. The van der Waals surface area contributed by atoms with E-state index < -0.39 is 0 Å². The van der Waals surface area contributed by atoms with Gasteiger partial charge in [0, 0.05) is 18.0 Å². The maximum Gasteiger partial charge on any atom is 0.220 e. The molecule has 0 aliphatic carbocycles. The third-order valence-corrected chi connectivity index (χ3v) is 3.06. The first-order valence-electron chi connectivity index (χ1n) is 6.41. The van der Waals surface area contributed by atoms with E-state index in [0.29, 0.717) is 17.1 Å². The molecule has 7 heteroatoms. The number of nitrogens with zero attached hydrogens (tertiary/aromatic N) is 4. The summed E-state index contributed by atoms with van der Waals surface area (Å²) >= 11 is 0. The molecule has 0 aliphatic rings. The number of aromatic nitrogens is 4. The number of rotatable bonds is 3. The van der Waals surface area contributed by atoms with Crippen LogP contribution in [-0.2, 0) is 0 Å². The summed E-state index contributed by atoms with van der Waals surface area (Å²) in [5, 5.41) is 9.03. The summed E-state index contributed by atoms with van der Waals surface area (Å²) in [5.41, 5.74) is 8.10. The molecule has 0 aliphatic heterocycles. The van der Waals surface area contributed by atoms with E-state index in [-0.39, 0.29) is 11.8 Å². The van der Waals surface area contributed by atoms with Crippen molar-refractivity contribution in [1.29, 1.82) is 0 Å². The van der Waals surface area contributed by atoms with Crippen LogP contribution in [0.5, 0.6) is 0 Å². The number of halogens is 1. The maximum absolute atomic E-state index is 13.1. The second-order valence-electron chi connectivity index (χ2n) is 4.45. The maximum atomic E-state index is 13.1. The highest BCUT2D eigenvalue weighted by Crippen LogP contribution is 2.30. The molecule has 0 amide bonds. The minimum Gasteiger partial charge on any atom is -0.514 e. The number of imidazole rings is 1. The lowest BCUT2D eigenvalue weighted by atomic mass is 10.1. The predicted molar refractivity (Wildman–Crippen MR) is 81.0 cm³/mol. The van der Waals surface area contributed by atoms with E-state index in [9.17, 15) is 4.39 Å². The highest BCUT2D eigenvalue weighted by Gasteiger charge is 2.15. The first kappa shape index (κ1) is 13.7. The zero-order valence-electron chi connectivity index (χ0n) is 11.4. The molecule has 0 saturated heterocycles. The van der Waals surface area contributed by atoms with E-state index in [1.54, 1.807) is 22.8 Å². The number of benzene rings is 1. The molecule has 110 valence electrons. The van der Waals surface area contributed by atoms with Gasteiger partial charge in [0.1, 0.15) is 12.1 Å². The van der Waals surface area contributed by atoms with Crippen LogP contribution in [-0.4, -0.2) is 24.6 Å². The number of anilines is 1. The van der Waals surface area contributed by atoms with Gasteiger partial charge in [0.25, 0.3) is 0 Å². The lowest BCUT2D eigenvalue weighted by Gasteiger charge is -2.06. The molecule has 0 fully saturated rings. The van der Waals surface area contributed by atoms with Crippen LogP contribution in [0.2, 0.25) is 0 Å². The topological polar surface area (TPSA) is 89.8 Å². The van der Waals surface area contributed by atoms with Gasteiger partial charge in [-0.2, -0.15) is 0 Å². The van der Waals surface area contributed by atoms with Gasteiger partial charge in [0.05, 0.1) is 23.3 Å². The summed E-state index contributed by atoms with van der Waals surface area (Å²) in [5.74, 6) is -0.199. The molecule has 3 rings (SSSR count). The molecule has 0 unspecified atom stereocenters. The van der Waals surface area contributed by atoms with Crippen LogP contribution < -0.4 is 5.73 Å². The van der Waals surface area contributed by atoms with Crippen LogP contribution in [0.1, 0.15) is 0 Å². The molecule has 0 saturated carbocycles. The van der Waals surface area contributed by atoms with Gasteiger partial charge < -0.3 is 15.4 Å². The number of aliphatic hydroxyl groups excluding tert-OH is 1. The zero-order valence-corrected chi connectivity index (χ0v) is 11.4. The van der Waals surface area contributed by atoms with Crippen molar-refractivity contribution in [3.05, 3.63) is 54.9 Å². The van der Waals surface area contributed by atoms with Crippen LogP contribution >= 0.6 is 0 Å². The summed E-state index contributed by atoms with van der Waals surface area (Å²) < 4.78 is 14.7. The van der Waals surface area contributed by atoms with E-state index >= 15 is 0 Å². The van der Waals surface area contributed by atoms with Crippen LogP contribution in [0.3, 0.4) is 0 Å².